The molecule has 0 spiro atoms. The number of carbonyl (C=O) groups excluding carboxylic acids is 1. The largest absolute Gasteiger partial charge is 0.337 e. The number of amides is 1. The van der Waals surface area contributed by atoms with Gasteiger partial charge in [-0.1, -0.05) is 36.0 Å². The van der Waals surface area contributed by atoms with E-state index < -0.39 is 0 Å². The molecule has 2 aromatic carbocycles. The Labute approximate surface area is 173 Å². The number of hydrogen-bond donors (Lipinski definition) is 0. The number of rotatable bonds is 4. The van der Waals surface area contributed by atoms with E-state index in [2.05, 4.69) is 20.9 Å². The van der Waals surface area contributed by atoms with E-state index >= 15 is 0 Å². The number of hydrogen-bond acceptors (Lipinski definition) is 6. The zero-order valence-electron chi connectivity index (χ0n) is 15.7. The summed E-state index contributed by atoms with van der Waals surface area (Å²) in [6.07, 6.45) is 3.46. The van der Waals surface area contributed by atoms with Crippen LogP contribution in [-0.4, -0.2) is 47.0 Å². The van der Waals surface area contributed by atoms with Crippen molar-refractivity contribution in [1.29, 1.82) is 5.26 Å². The molecule has 1 amide bonds. The first-order valence-electron chi connectivity index (χ1n) is 9.33. The van der Waals surface area contributed by atoms with Crippen molar-refractivity contribution >= 4 is 23.6 Å². The number of benzene rings is 2. The second-order valence-electron chi connectivity index (χ2n) is 6.53. The van der Waals surface area contributed by atoms with E-state index in [1.54, 1.807) is 24.5 Å². The van der Waals surface area contributed by atoms with Gasteiger partial charge in [-0.25, -0.2) is 9.97 Å². The van der Waals surface area contributed by atoms with Gasteiger partial charge >= 0.3 is 0 Å². The van der Waals surface area contributed by atoms with E-state index in [4.69, 9.17) is 0 Å². The summed E-state index contributed by atoms with van der Waals surface area (Å²) in [5, 5.41) is 9.34. The van der Waals surface area contributed by atoms with E-state index in [1.165, 1.54) is 11.8 Å². The third kappa shape index (κ3) is 4.23. The van der Waals surface area contributed by atoms with Gasteiger partial charge in [0, 0.05) is 48.4 Å². The smallest absolute Gasteiger partial charge is 0.255 e. The first-order valence-corrected chi connectivity index (χ1v) is 10.1. The number of nitrogens with zero attached hydrogens (tertiary/aromatic N) is 5. The summed E-state index contributed by atoms with van der Waals surface area (Å²) in [6, 6.07) is 19.0. The van der Waals surface area contributed by atoms with Crippen molar-refractivity contribution in [2.75, 3.05) is 31.1 Å². The van der Waals surface area contributed by atoms with Crippen LogP contribution < -0.4 is 4.90 Å². The Balaban J connectivity index is 1.49. The molecule has 144 valence electrons. The minimum atomic E-state index is 0.0103. The highest BCUT2D eigenvalue weighted by atomic mass is 32.2. The molecule has 1 aliphatic heterocycles. The van der Waals surface area contributed by atoms with E-state index in [0.717, 1.165) is 9.79 Å². The van der Waals surface area contributed by atoms with Crippen LogP contribution in [0.15, 0.2) is 76.8 Å². The van der Waals surface area contributed by atoms with Crippen molar-refractivity contribution in [2.24, 2.45) is 0 Å². The van der Waals surface area contributed by atoms with Crippen LogP contribution in [-0.2, 0) is 0 Å². The SMILES string of the molecule is N#Cc1ccccc1Sc1ccccc1C(=O)N1CCN(c2ncccn2)CC1. The molecule has 7 heteroatoms. The van der Waals surface area contributed by atoms with Crippen molar-refractivity contribution < 1.29 is 4.79 Å². The van der Waals surface area contributed by atoms with Gasteiger partial charge in [-0.3, -0.25) is 4.79 Å². The van der Waals surface area contributed by atoms with Crippen molar-refractivity contribution in [3.63, 3.8) is 0 Å². The Morgan fingerprint density at radius 3 is 2.28 bits per heavy atom. The topological polar surface area (TPSA) is 73.1 Å². The minimum Gasteiger partial charge on any atom is -0.337 e. The molecule has 0 atom stereocenters. The lowest BCUT2D eigenvalue weighted by Gasteiger charge is -2.35. The fourth-order valence-corrected chi connectivity index (χ4v) is 4.25. The average Bonchev–Trinajstić information content (AvgIpc) is 2.80. The van der Waals surface area contributed by atoms with Crippen LogP contribution in [0.25, 0.3) is 0 Å². The van der Waals surface area contributed by atoms with Crippen molar-refractivity contribution in [1.82, 2.24) is 14.9 Å². The maximum absolute atomic E-state index is 13.2. The molecule has 0 saturated carbocycles. The monoisotopic (exact) mass is 401 g/mol. The Hall–Kier alpha value is -3.37. The first kappa shape index (κ1) is 19.0. The van der Waals surface area contributed by atoms with Crippen LogP contribution in [0.3, 0.4) is 0 Å². The van der Waals surface area contributed by atoms with Gasteiger partial charge in [0.2, 0.25) is 5.95 Å². The number of aromatic nitrogens is 2. The predicted molar refractivity (Wildman–Crippen MR) is 112 cm³/mol. The van der Waals surface area contributed by atoms with Crippen molar-refractivity contribution in [3.8, 4) is 6.07 Å². The molecule has 1 fully saturated rings. The summed E-state index contributed by atoms with van der Waals surface area (Å²) in [5.41, 5.74) is 1.27. The molecule has 1 aromatic heterocycles. The maximum atomic E-state index is 13.2. The van der Waals surface area contributed by atoms with Crippen molar-refractivity contribution in [2.45, 2.75) is 9.79 Å². The third-order valence-corrected chi connectivity index (χ3v) is 5.90. The lowest BCUT2D eigenvalue weighted by Crippen LogP contribution is -2.49. The molecule has 0 unspecified atom stereocenters. The van der Waals surface area contributed by atoms with E-state index in [-0.39, 0.29) is 5.91 Å². The number of piperazine rings is 1. The van der Waals surface area contributed by atoms with Gasteiger partial charge in [-0.15, -0.1) is 0 Å². The van der Waals surface area contributed by atoms with Crippen molar-refractivity contribution in [3.05, 3.63) is 78.1 Å². The average molecular weight is 401 g/mol. The second kappa shape index (κ2) is 8.76. The lowest BCUT2D eigenvalue weighted by atomic mass is 10.2. The summed E-state index contributed by atoms with van der Waals surface area (Å²) in [7, 11) is 0. The number of carbonyl (C=O) groups is 1. The molecule has 3 aromatic rings. The highest BCUT2D eigenvalue weighted by molar-refractivity contribution is 7.99. The molecule has 1 aliphatic rings. The summed E-state index contributed by atoms with van der Waals surface area (Å²) < 4.78 is 0. The first-order chi connectivity index (χ1) is 14.3. The Bertz CT molecular complexity index is 1040. The van der Waals surface area contributed by atoms with Crippen LogP contribution >= 0.6 is 11.8 Å². The number of anilines is 1. The molecule has 6 nitrogen and oxygen atoms in total. The van der Waals surface area contributed by atoms with Gasteiger partial charge in [0.15, 0.2) is 0 Å². The van der Waals surface area contributed by atoms with E-state index in [1.807, 2.05) is 47.4 Å². The van der Waals surface area contributed by atoms with Gasteiger partial charge in [0.25, 0.3) is 5.91 Å². The quantitative estimate of drug-likeness (QED) is 0.667. The van der Waals surface area contributed by atoms with Crippen LogP contribution in [0.2, 0.25) is 0 Å². The molecule has 2 heterocycles. The molecule has 0 N–H and O–H groups in total. The van der Waals surface area contributed by atoms with Crippen LogP contribution in [0.4, 0.5) is 5.95 Å². The van der Waals surface area contributed by atoms with E-state index in [9.17, 15) is 10.1 Å². The van der Waals surface area contributed by atoms with E-state index in [0.29, 0.717) is 43.3 Å². The highest BCUT2D eigenvalue weighted by Gasteiger charge is 2.25. The van der Waals surface area contributed by atoms with Gasteiger partial charge in [-0.05, 0) is 30.3 Å². The summed E-state index contributed by atoms with van der Waals surface area (Å²) in [4.78, 5) is 27.5. The molecule has 0 bridgehead atoms. The standard InChI is InChI=1S/C22H19N5OS/c23-16-17-6-1-3-8-19(17)29-20-9-4-2-7-18(20)21(28)26-12-14-27(15-13-26)22-24-10-5-11-25-22/h1-11H,12-15H2. The lowest BCUT2D eigenvalue weighted by molar-refractivity contribution is 0.0742. The second-order valence-corrected chi connectivity index (χ2v) is 7.62. The predicted octanol–water partition coefficient (Wildman–Crippen LogP) is 3.46. The molecular formula is C22H19N5OS. The summed E-state index contributed by atoms with van der Waals surface area (Å²) in [6.45, 7) is 2.63. The summed E-state index contributed by atoms with van der Waals surface area (Å²) in [5.74, 6) is 0.708. The van der Waals surface area contributed by atoms with Crippen LogP contribution in [0.5, 0.6) is 0 Å². The minimum absolute atomic E-state index is 0.0103. The Morgan fingerprint density at radius 2 is 1.55 bits per heavy atom. The Kier molecular flexibility index (Phi) is 5.73. The molecule has 29 heavy (non-hydrogen) atoms. The molecule has 1 saturated heterocycles. The molecular weight excluding hydrogens is 382 g/mol. The fraction of sp³-hybridized carbons (Fsp3) is 0.182. The summed E-state index contributed by atoms with van der Waals surface area (Å²) >= 11 is 1.45. The Morgan fingerprint density at radius 1 is 0.897 bits per heavy atom. The molecule has 0 aliphatic carbocycles. The zero-order valence-corrected chi connectivity index (χ0v) is 16.5. The molecule has 0 radical (unpaired) electrons. The zero-order chi connectivity index (χ0) is 20.1. The van der Waals surface area contributed by atoms with Gasteiger partial charge in [0.05, 0.1) is 11.1 Å². The van der Waals surface area contributed by atoms with Gasteiger partial charge in [-0.2, -0.15) is 5.26 Å². The third-order valence-electron chi connectivity index (χ3n) is 4.75. The molecule has 4 rings (SSSR count). The maximum Gasteiger partial charge on any atom is 0.255 e. The normalized spacial score (nSPS) is 13.8. The van der Waals surface area contributed by atoms with Crippen LogP contribution in [0, 0.1) is 11.3 Å². The number of nitriles is 1. The highest BCUT2D eigenvalue weighted by Crippen LogP contribution is 2.33. The fourth-order valence-electron chi connectivity index (χ4n) is 3.23. The van der Waals surface area contributed by atoms with Gasteiger partial charge < -0.3 is 9.80 Å². The van der Waals surface area contributed by atoms with Gasteiger partial charge in [0.1, 0.15) is 6.07 Å². The van der Waals surface area contributed by atoms with Crippen LogP contribution in [0.1, 0.15) is 15.9 Å².